The lowest BCUT2D eigenvalue weighted by molar-refractivity contribution is -0.256. The van der Waals surface area contributed by atoms with Gasteiger partial charge in [-0.15, -0.1) is 0 Å². The summed E-state index contributed by atoms with van der Waals surface area (Å²) in [5.74, 6) is -1.84. The normalized spacial score (nSPS) is 19.9. The minimum atomic E-state index is -4.18. The molecule has 6 nitrogen and oxygen atoms in total. The SMILES string of the molecule is CC(=O)N1CCN(C(=O)c2c(F)cccc2-c2ccc(OCC3CCN(CC4(C(F)(F)F)CCC4)CC3)c(F)c2)CC1. The number of rotatable bonds is 7. The highest BCUT2D eigenvalue weighted by Gasteiger charge is 2.58. The van der Waals surface area contributed by atoms with Crippen molar-refractivity contribution < 1.29 is 36.3 Å². The molecule has 0 aromatic heterocycles. The number of likely N-dealkylation sites (tertiary alicyclic amines) is 1. The minimum absolute atomic E-state index is 0.0244. The van der Waals surface area contributed by atoms with Crippen molar-refractivity contribution in [2.45, 2.75) is 45.2 Å². The molecular weight excluding hydrogens is 557 g/mol. The maximum Gasteiger partial charge on any atom is 0.395 e. The Morgan fingerprint density at radius 1 is 0.929 bits per heavy atom. The molecule has 1 aliphatic carbocycles. The van der Waals surface area contributed by atoms with Gasteiger partial charge in [-0.2, -0.15) is 13.2 Å². The maximum absolute atomic E-state index is 15.1. The molecule has 228 valence electrons. The van der Waals surface area contributed by atoms with Crippen LogP contribution in [0.3, 0.4) is 0 Å². The van der Waals surface area contributed by atoms with Crippen molar-refractivity contribution in [2.75, 3.05) is 52.4 Å². The van der Waals surface area contributed by atoms with Crippen LogP contribution in [-0.2, 0) is 4.79 Å². The number of carbonyl (C=O) groups is 2. The van der Waals surface area contributed by atoms with E-state index >= 15 is 4.39 Å². The summed E-state index contributed by atoms with van der Waals surface area (Å²) in [6.07, 6.45) is -1.84. The van der Waals surface area contributed by atoms with Crippen LogP contribution in [0.2, 0.25) is 0 Å². The average molecular weight is 594 g/mol. The Hall–Kier alpha value is -3.21. The predicted molar refractivity (Wildman–Crippen MR) is 147 cm³/mol. The Balaban J connectivity index is 1.19. The van der Waals surface area contributed by atoms with Gasteiger partial charge in [0.2, 0.25) is 5.91 Å². The number of alkyl halides is 3. The molecule has 0 bridgehead atoms. The number of piperazine rings is 1. The van der Waals surface area contributed by atoms with Crippen molar-refractivity contribution in [2.24, 2.45) is 11.3 Å². The molecule has 2 amide bonds. The van der Waals surface area contributed by atoms with E-state index < -0.39 is 29.1 Å². The maximum atomic E-state index is 15.1. The summed E-state index contributed by atoms with van der Waals surface area (Å²) in [5, 5.41) is 0. The summed E-state index contributed by atoms with van der Waals surface area (Å²) in [7, 11) is 0. The largest absolute Gasteiger partial charge is 0.490 e. The van der Waals surface area contributed by atoms with Crippen molar-refractivity contribution in [3.8, 4) is 16.9 Å². The second-order valence-corrected chi connectivity index (χ2v) is 11.8. The van der Waals surface area contributed by atoms with E-state index in [2.05, 4.69) is 0 Å². The highest BCUT2D eigenvalue weighted by atomic mass is 19.4. The topological polar surface area (TPSA) is 53.1 Å². The van der Waals surface area contributed by atoms with E-state index in [1.165, 1.54) is 36.1 Å². The fourth-order valence-electron chi connectivity index (χ4n) is 6.23. The van der Waals surface area contributed by atoms with Crippen molar-refractivity contribution in [1.82, 2.24) is 14.7 Å². The molecule has 2 saturated heterocycles. The van der Waals surface area contributed by atoms with Crippen LogP contribution in [0.1, 0.15) is 49.4 Å². The number of benzene rings is 2. The third kappa shape index (κ3) is 6.26. The Morgan fingerprint density at radius 2 is 1.60 bits per heavy atom. The first-order valence-electron chi connectivity index (χ1n) is 14.5. The monoisotopic (exact) mass is 593 g/mol. The molecule has 3 aliphatic rings. The van der Waals surface area contributed by atoms with Gasteiger partial charge in [0.05, 0.1) is 17.6 Å². The van der Waals surface area contributed by atoms with E-state index in [1.54, 1.807) is 17.0 Å². The first-order chi connectivity index (χ1) is 20.0. The molecule has 5 rings (SSSR count). The first-order valence-corrected chi connectivity index (χ1v) is 14.5. The average Bonchev–Trinajstić information content (AvgIpc) is 2.94. The van der Waals surface area contributed by atoms with Gasteiger partial charge in [0.1, 0.15) is 5.82 Å². The van der Waals surface area contributed by atoms with Gasteiger partial charge in [-0.3, -0.25) is 9.59 Å². The molecule has 11 heteroatoms. The van der Waals surface area contributed by atoms with E-state index in [0.717, 1.165) is 0 Å². The smallest absolute Gasteiger partial charge is 0.395 e. The van der Waals surface area contributed by atoms with Crippen LogP contribution >= 0.6 is 0 Å². The van der Waals surface area contributed by atoms with Crippen molar-refractivity contribution in [1.29, 1.82) is 0 Å². The number of hydrogen-bond acceptors (Lipinski definition) is 4. The van der Waals surface area contributed by atoms with E-state index in [-0.39, 0.29) is 67.8 Å². The van der Waals surface area contributed by atoms with Crippen molar-refractivity contribution in [3.05, 3.63) is 53.6 Å². The standard InChI is InChI=1S/C31H36F5N3O3/c1-21(40)38-14-16-39(17-15-38)29(41)28-24(4-2-5-25(28)32)23-6-7-27(26(33)18-23)42-19-22-8-12-37(13-9-22)20-30(10-3-11-30)31(34,35)36/h2,4-7,18,22H,3,8-17,19-20H2,1H3. The van der Waals surface area contributed by atoms with Crippen LogP contribution in [0.15, 0.2) is 36.4 Å². The van der Waals surface area contributed by atoms with E-state index in [1.807, 2.05) is 4.90 Å². The molecule has 0 spiro atoms. The molecule has 2 aliphatic heterocycles. The van der Waals surface area contributed by atoms with Gasteiger partial charge in [-0.25, -0.2) is 8.78 Å². The van der Waals surface area contributed by atoms with Gasteiger partial charge in [-0.1, -0.05) is 24.6 Å². The lowest BCUT2D eigenvalue weighted by Gasteiger charge is -2.47. The van der Waals surface area contributed by atoms with Gasteiger partial charge >= 0.3 is 6.18 Å². The first kappa shape index (κ1) is 30.3. The third-order valence-corrected chi connectivity index (χ3v) is 9.10. The number of piperidine rings is 1. The molecule has 2 aromatic rings. The van der Waals surface area contributed by atoms with Crippen LogP contribution in [0.25, 0.3) is 11.1 Å². The zero-order valence-corrected chi connectivity index (χ0v) is 23.7. The van der Waals surface area contributed by atoms with Crippen molar-refractivity contribution in [3.63, 3.8) is 0 Å². The van der Waals surface area contributed by atoms with E-state index in [0.29, 0.717) is 51.0 Å². The molecule has 0 atom stereocenters. The Kier molecular flexibility index (Phi) is 8.78. The Bertz CT molecular complexity index is 1300. The van der Waals surface area contributed by atoms with E-state index in [9.17, 15) is 27.2 Å². The summed E-state index contributed by atoms with van der Waals surface area (Å²) in [6, 6.07) is 8.47. The van der Waals surface area contributed by atoms with Crippen molar-refractivity contribution >= 4 is 11.8 Å². The molecule has 0 N–H and O–H groups in total. The number of carbonyl (C=O) groups excluding carboxylic acids is 2. The highest BCUT2D eigenvalue weighted by molar-refractivity contribution is 6.01. The van der Waals surface area contributed by atoms with Crippen LogP contribution in [0, 0.1) is 23.0 Å². The van der Waals surface area contributed by atoms with Gasteiger partial charge in [0.25, 0.3) is 5.91 Å². The fourth-order valence-corrected chi connectivity index (χ4v) is 6.23. The Labute approximate surface area is 242 Å². The Morgan fingerprint density at radius 3 is 2.17 bits per heavy atom. The van der Waals surface area contributed by atoms with Crippen LogP contribution in [0.5, 0.6) is 5.75 Å². The highest BCUT2D eigenvalue weighted by Crippen LogP contribution is 2.53. The minimum Gasteiger partial charge on any atom is -0.490 e. The van der Waals surface area contributed by atoms with Gasteiger partial charge < -0.3 is 19.4 Å². The molecule has 2 aromatic carbocycles. The number of ether oxygens (including phenoxy) is 1. The zero-order chi connectivity index (χ0) is 30.1. The molecule has 42 heavy (non-hydrogen) atoms. The number of hydrogen-bond donors (Lipinski definition) is 0. The summed E-state index contributed by atoms with van der Waals surface area (Å²) in [6.45, 7) is 4.11. The van der Waals surface area contributed by atoms with Gasteiger partial charge in [0.15, 0.2) is 11.6 Å². The fraction of sp³-hybridized carbons (Fsp3) is 0.548. The zero-order valence-electron chi connectivity index (χ0n) is 23.7. The lowest BCUT2D eigenvalue weighted by atomic mass is 9.67. The summed E-state index contributed by atoms with van der Waals surface area (Å²) in [4.78, 5) is 29.9. The number of amides is 2. The van der Waals surface area contributed by atoms with Gasteiger partial charge in [-0.05, 0) is 74.0 Å². The summed E-state index contributed by atoms with van der Waals surface area (Å²) >= 11 is 0. The number of halogens is 5. The second-order valence-electron chi connectivity index (χ2n) is 11.8. The molecule has 3 fully saturated rings. The molecule has 1 saturated carbocycles. The molecule has 0 radical (unpaired) electrons. The summed E-state index contributed by atoms with van der Waals surface area (Å²) in [5.41, 5.74) is -1.14. The molecule has 0 unspecified atom stereocenters. The van der Waals surface area contributed by atoms with E-state index in [4.69, 9.17) is 4.74 Å². The van der Waals surface area contributed by atoms with Gasteiger partial charge in [0, 0.05) is 39.6 Å². The second kappa shape index (κ2) is 12.2. The quantitative estimate of drug-likeness (QED) is 0.384. The summed E-state index contributed by atoms with van der Waals surface area (Å²) < 4.78 is 76.5. The van der Waals surface area contributed by atoms with Crippen LogP contribution in [-0.4, -0.2) is 85.1 Å². The third-order valence-electron chi connectivity index (χ3n) is 9.10. The molecular formula is C31H36F5N3O3. The molecule has 2 heterocycles. The van der Waals surface area contributed by atoms with Crippen LogP contribution in [0.4, 0.5) is 22.0 Å². The lowest BCUT2D eigenvalue weighted by Crippen LogP contribution is -2.53. The number of nitrogens with zero attached hydrogens (tertiary/aromatic N) is 3. The van der Waals surface area contributed by atoms with Crippen LogP contribution < -0.4 is 4.74 Å². The predicted octanol–water partition coefficient (Wildman–Crippen LogP) is 5.76.